The van der Waals surface area contributed by atoms with E-state index in [1.165, 1.54) is 19.2 Å². The highest BCUT2D eigenvalue weighted by atomic mass is 16.6. The van der Waals surface area contributed by atoms with E-state index in [2.05, 4.69) is 4.98 Å². The van der Waals surface area contributed by atoms with Crippen molar-refractivity contribution >= 4 is 5.69 Å². The fourth-order valence-electron chi connectivity index (χ4n) is 1.25. The molecule has 0 bridgehead atoms. The number of aromatic nitrogens is 1. The van der Waals surface area contributed by atoms with Crippen LogP contribution in [0.1, 0.15) is 25.6 Å². The largest absolute Gasteiger partial charge is 0.481 e. The van der Waals surface area contributed by atoms with Crippen LogP contribution in [0.15, 0.2) is 12.1 Å². The molecule has 0 spiro atoms. The Hall–Kier alpha value is -1.69. The van der Waals surface area contributed by atoms with Crippen molar-refractivity contribution < 1.29 is 14.8 Å². The first-order valence-electron chi connectivity index (χ1n) is 4.84. The zero-order chi connectivity index (χ0) is 12.3. The van der Waals surface area contributed by atoms with Gasteiger partial charge < -0.3 is 9.84 Å². The lowest BCUT2D eigenvalue weighted by Gasteiger charge is -2.14. The number of methoxy groups -OCH3 is 1. The van der Waals surface area contributed by atoms with Gasteiger partial charge in [-0.3, -0.25) is 10.1 Å². The van der Waals surface area contributed by atoms with Crippen LogP contribution in [-0.4, -0.2) is 22.1 Å². The summed E-state index contributed by atoms with van der Waals surface area (Å²) in [6.07, 6.45) is -0.976. The van der Waals surface area contributed by atoms with Crippen LogP contribution in [0.3, 0.4) is 0 Å². The van der Waals surface area contributed by atoms with Crippen molar-refractivity contribution in [2.24, 2.45) is 5.92 Å². The van der Waals surface area contributed by atoms with Gasteiger partial charge in [0, 0.05) is 12.1 Å². The number of nitrogens with zero attached hydrogens (tertiary/aromatic N) is 2. The average molecular weight is 226 g/mol. The molecule has 6 heteroatoms. The highest BCUT2D eigenvalue weighted by molar-refractivity contribution is 5.39. The van der Waals surface area contributed by atoms with Crippen LogP contribution in [0.2, 0.25) is 0 Å². The van der Waals surface area contributed by atoms with Crippen molar-refractivity contribution in [1.29, 1.82) is 0 Å². The maximum atomic E-state index is 10.8. The third kappa shape index (κ3) is 2.46. The molecule has 0 radical (unpaired) electrons. The standard InChI is InChI=1S/C10H14N2O4/c1-6(2)10(13)9-7(12(14)15)4-5-8(11-9)16-3/h4-6,10,13H,1-3H3. The van der Waals surface area contributed by atoms with Gasteiger partial charge in [0.1, 0.15) is 6.10 Å². The summed E-state index contributed by atoms with van der Waals surface area (Å²) in [6.45, 7) is 3.52. The summed E-state index contributed by atoms with van der Waals surface area (Å²) in [7, 11) is 1.42. The second-order valence-corrected chi connectivity index (χ2v) is 3.70. The topological polar surface area (TPSA) is 85.5 Å². The van der Waals surface area contributed by atoms with E-state index in [9.17, 15) is 15.2 Å². The molecule has 88 valence electrons. The quantitative estimate of drug-likeness (QED) is 0.623. The molecule has 1 N–H and O–H groups in total. The number of aliphatic hydroxyl groups is 1. The zero-order valence-corrected chi connectivity index (χ0v) is 9.38. The van der Waals surface area contributed by atoms with E-state index in [1.54, 1.807) is 13.8 Å². The molecule has 0 saturated heterocycles. The molecule has 1 rings (SSSR count). The molecule has 0 aliphatic carbocycles. The van der Waals surface area contributed by atoms with E-state index in [0.29, 0.717) is 0 Å². The molecular formula is C10H14N2O4. The van der Waals surface area contributed by atoms with E-state index >= 15 is 0 Å². The molecule has 1 aromatic rings. The lowest BCUT2D eigenvalue weighted by Crippen LogP contribution is -2.11. The predicted molar refractivity (Wildman–Crippen MR) is 57.2 cm³/mol. The third-order valence-corrected chi connectivity index (χ3v) is 2.19. The minimum atomic E-state index is -0.976. The first-order chi connectivity index (χ1) is 7.47. The minimum absolute atomic E-state index is 0.0411. The predicted octanol–water partition coefficient (Wildman–Crippen LogP) is 1.69. The SMILES string of the molecule is COc1ccc([N+](=O)[O-])c(C(O)C(C)C)n1. The van der Waals surface area contributed by atoms with Gasteiger partial charge in [0.2, 0.25) is 5.88 Å². The van der Waals surface area contributed by atoms with Gasteiger partial charge in [0.15, 0.2) is 5.69 Å². The fourth-order valence-corrected chi connectivity index (χ4v) is 1.25. The Morgan fingerprint density at radius 2 is 2.12 bits per heavy atom. The average Bonchev–Trinajstić information content (AvgIpc) is 2.26. The Kier molecular flexibility index (Phi) is 3.78. The summed E-state index contributed by atoms with van der Waals surface area (Å²) < 4.78 is 4.87. The summed E-state index contributed by atoms with van der Waals surface area (Å²) in [4.78, 5) is 14.1. The highest BCUT2D eigenvalue weighted by Crippen LogP contribution is 2.29. The highest BCUT2D eigenvalue weighted by Gasteiger charge is 2.25. The third-order valence-electron chi connectivity index (χ3n) is 2.19. The summed E-state index contributed by atoms with van der Waals surface area (Å²) >= 11 is 0. The van der Waals surface area contributed by atoms with Crippen LogP contribution in [-0.2, 0) is 0 Å². The van der Waals surface area contributed by atoms with E-state index in [4.69, 9.17) is 4.74 Å². The number of hydrogen-bond acceptors (Lipinski definition) is 5. The number of rotatable bonds is 4. The molecule has 0 fully saturated rings. The Labute approximate surface area is 93.0 Å². The lowest BCUT2D eigenvalue weighted by atomic mass is 10.0. The smallest absolute Gasteiger partial charge is 0.293 e. The van der Waals surface area contributed by atoms with E-state index in [1.807, 2.05) is 0 Å². The van der Waals surface area contributed by atoms with Crippen molar-refractivity contribution in [1.82, 2.24) is 4.98 Å². The number of aliphatic hydroxyl groups excluding tert-OH is 1. The Morgan fingerprint density at radius 1 is 1.50 bits per heavy atom. The van der Waals surface area contributed by atoms with Crippen molar-refractivity contribution in [3.8, 4) is 5.88 Å². The van der Waals surface area contributed by atoms with Gasteiger partial charge in [-0.05, 0) is 5.92 Å². The molecular weight excluding hydrogens is 212 g/mol. The molecule has 1 unspecified atom stereocenters. The van der Waals surface area contributed by atoms with Gasteiger partial charge in [0.05, 0.1) is 12.0 Å². The van der Waals surface area contributed by atoms with Gasteiger partial charge in [-0.25, -0.2) is 4.98 Å². The van der Waals surface area contributed by atoms with E-state index in [-0.39, 0.29) is 23.2 Å². The zero-order valence-electron chi connectivity index (χ0n) is 9.38. The molecule has 6 nitrogen and oxygen atoms in total. The summed E-state index contributed by atoms with van der Waals surface area (Å²) in [5.74, 6) is 0.0959. The second kappa shape index (κ2) is 4.89. The molecule has 0 saturated carbocycles. The minimum Gasteiger partial charge on any atom is -0.481 e. The van der Waals surface area contributed by atoms with Crippen molar-refractivity contribution in [2.45, 2.75) is 20.0 Å². The van der Waals surface area contributed by atoms with Gasteiger partial charge in [-0.1, -0.05) is 13.8 Å². The first kappa shape index (κ1) is 12.4. The van der Waals surface area contributed by atoms with E-state index in [0.717, 1.165) is 0 Å². The molecule has 0 aromatic carbocycles. The van der Waals surface area contributed by atoms with Gasteiger partial charge in [-0.2, -0.15) is 0 Å². The molecule has 0 aliphatic heterocycles. The lowest BCUT2D eigenvalue weighted by molar-refractivity contribution is -0.386. The molecule has 0 aliphatic rings. The number of hydrogen-bond donors (Lipinski definition) is 1. The van der Waals surface area contributed by atoms with Crippen LogP contribution >= 0.6 is 0 Å². The van der Waals surface area contributed by atoms with Crippen molar-refractivity contribution in [3.63, 3.8) is 0 Å². The van der Waals surface area contributed by atoms with Gasteiger partial charge in [-0.15, -0.1) is 0 Å². The summed E-state index contributed by atoms with van der Waals surface area (Å²) in [6, 6.07) is 2.68. The van der Waals surface area contributed by atoms with Crippen molar-refractivity contribution in [3.05, 3.63) is 27.9 Å². The van der Waals surface area contributed by atoms with Gasteiger partial charge >= 0.3 is 0 Å². The monoisotopic (exact) mass is 226 g/mol. The molecule has 0 amide bonds. The molecule has 1 aromatic heterocycles. The Balaban J connectivity index is 3.25. The molecule has 16 heavy (non-hydrogen) atoms. The number of pyridine rings is 1. The van der Waals surface area contributed by atoms with Crippen LogP contribution < -0.4 is 4.74 Å². The number of ether oxygens (including phenoxy) is 1. The second-order valence-electron chi connectivity index (χ2n) is 3.70. The Morgan fingerprint density at radius 3 is 2.56 bits per heavy atom. The van der Waals surface area contributed by atoms with Crippen LogP contribution in [0.5, 0.6) is 5.88 Å². The maximum Gasteiger partial charge on any atom is 0.293 e. The number of nitro groups is 1. The Bertz CT molecular complexity index is 392. The van der Waals surface area contributed by atoms with Gasteiger partial charge in [0.25, 0.3) is 5.69 Å². The normalized spacial score (nSPS) is 12.6. The summed E-state index contributed by atoms with van der Waals surface area (Å²) in [5.41, 5.74) is -0.152. The van der Waals surface area contributed by atoms with Crippen LogP contribution in [0.4, 0.5) is 5.69 Å². The molecule has 1 atom stereocenters. The van der Waals surface area contributed by atoms with E-state index < -0.39 is 11.0 Å². The van der Waals surface area contributed by atoms with Crippen LogP contribution in [0, 0.1) is 16.0 Å². The maximum absolute atomic E-state index is 10.8. The van der Waals surface area contributed by atoms with Crippen molar-refractivity contribution in [2.75, 3.05) is 7.11 Å². The van der Waals surface area contributed by atoms with Crippen LogP contribution in [0.25, 0.3) is 0 Å². The first-order valence-corrected chi connectivity index (χ1v) is 4.84. The molecule has 1 heterocycles. The fraction of sp³-hybridized carbons (Fsp3) is 0.500. The summed E-state index contributed by atoms with van der Waals surface area (Å²) in [5, 5.41) is 20.6.